The minimum atomic E-state index is -1.49. The van der Waals surface area contributed by atoms with Gasteiger partial charge in [-0.15, -0.1) is 11.8 Å². The maximum Gasteiger partial charge on any atom is 0.222 e. The number of thioether (sulfide) groups is 1. The standard InChI is InChI=1S/C17H27N3O10S/c18-20-19-2-1-3-27-16-15-14(12(26)10(6-22)28-16)30-17(7-31-15)4-8(23)11(25)13(29-17)9(24)5-21/h8-13,16,21-26H,1-7H2/t8?,9-,10?,11?,12?,13+,16?,17+/m1/s1. The van der Waals surface area contributed by atoms with Gasteiger partial charge in [0.15, 0.2) is 6.29 Å². The van der Waals surface area contributed by atoms with Gasteiger partial charge >= 0.3 is 0 Å². The zero-order valence-corrected chi connectivity index (χ0v) is 17.4. The Labute approximate surface area is 181 Å². The summed E-state index contributed by atoms with van der Waals surface area (Å²) in [5.74, 6) is -1.33. The predicted molar refractivity (Wildman–Crippen MR) is 104 cm³/mol. The Balaban J connectivity index is 1.80. The molecule has 0 amide bonds. The van der Waals surface area contributed by atoms with Gasteiger partial charge in [-0.2, -0.15) is 0 Å². The van der Waals surface area contributed by atoms with Crippen LogP contribution in [0.5, 0.6) is 0 Å². The van der Waals surface area contributed by atoms with Crippen LogP contribution in [0.4, 0.5) is 0 Å². The Hall–Kier alpha value is -1.16. The second kappa shape index (κ2) is 10.6. The van der Waals surface area contributed by atoms with E-state index in [0.29, 0.717) is 11.3 Å². The SMILES string of the molecule is [N-]=[N+]=NCCCOC1OC(CO)C(O)C2=C1SC[C@]1(CC(O)C(O)[C@H]([C@H](O)CO)O1)O2. The first-order chi connectivity index (χ1) is 14.9. The number of azide groups is 1. The Morgan fingerprint density at radius 2 is 2.10 bits per heavy atom. The van der Waals surface area contributed by atoms with Gasteiger partial charge in [0.05, 0.1) is 36.6 Å². The van der Waals surface area contributed by atoms with Crippen LogP contribution < -0.4 is 0 Å². The summed E-state index contributed by atoms with van der Waals surface area (Å²) in [5.41, 5.74) is 8.32. The van der Waals surface area contributed by atoms with Gasteiger partial charge < -0.3 is 49.6 Å². The molecule has 1 saturated heterocycles. The highest BCUT2D eigenvalue weighted by Gasteiger charge is 2.54. The van der Waals surface area contributed by atoms with Crippen molar-refractivity contribution in [1.29, 1.82) is 0 Å². The summed E-state index contributed by atoms with van der Waals surface area (Å²) in [6.45, 7) is -0.796. The number of aliphatic hydroxyl groups is 6. The molecule has 1 fully saturated rings. The molecule has 176 valence electrons. The Bertz CT molecular complexity index is 708. The van der Waals surface area contributed by atoms with Crippen molar-refractivity contribution >= 4 is 11.8 Å². The first kappa shape index (κ1) is 24.5. The molecule has 0 radical (unpaired) electrons. The van der Waals surface area contributed by atoms with E-state index in [1.54, 1.807) is 0 Å². The molecule has 14 heteroatoms. The average Bonchev–Trinajstić information content (AvgIpc) is 2.77. The molecule has 0 bridgehead atoms. The van der Waals surface area contributed by atoms with Crippen molar-refractivity contribution in [3.05, 3.63) is 21.1 Å². The first-order valence-corrected chi connectivity index (χ1v) is 10.8. The minimum Gasteiger partial charge on any atom is -0.462 e. The third kappa shape index (κ3) is 5.26. The third-order valence-corrected chi connectivity index (χ3v) is 6.49. The fourth-order valence-electron chi connectivity index (χ4n) is 3.61. The van der Waals surface area contributed by atoms with E-state index in [-0.39, 0.29) is 31.1 Å². The van der Waals surface area contributed by atoms with Gasteiger partial charge in [-0.1, -0.05) is 5.11 Å². The van der Waals surface area contributed by atoms with Gasteiger partial charge in [-0.05, 0) is 12.0 Å². The molecular weight excluding hydrogens is 438 g/mol. The Kier molecular flexibility index (Phi) is 8.40. The molecular formula is C17H27N3O10S. The van der Waals surface area contributed by atoms with Gasteiger partial charge in [-0.3, -0.25) is 0 Å². The molecule has 3 heterocycles. The van der Waals surface area contributed by atoms with E-state index < -0.39 is 61.9 Å². The summed E-state index contributed by atoms with van der Waals surface area (Å²) in [6, 6.07) is 0. The fraction of sp³-hybridized carbons (Fsp3) is 0.882. The van der Waals surface area contributed by atoms with Crippen LogP contribution in [0.3, 0.4) is 0 Å². The highest BCUT2D eigenvalue weighted by Crippen LogP contribution is 2.47. The summed E-state index contributed by atoms with van der Waals surface area (Å²) in [7, 11) is 0. The molecule has 13 nitrogen and oxygen atoms in total. The molecule has 3 rings (SSSR count). The molecule has 0 aliphatic carbocycles. The highest BCUT2D eigenvalue weighted by atomic mass is 32.2. The van der Waals surface area contributed by atoms with Crippen molar-refractivity contribution in [2.75, 3.05) is 32.1 Å². The number of hydrogen-bond donors (Lipinski definition) is 6. The number of ether oxygens (including phenoxy) is 4. The van der Waals surface area contributed by atoms with E-state index in [0.717, 1.165) is 0 Å². The van der Waals surface area contributed by atoms with E-state index in [1.807, 2.05) is 0 Å². The summed E-state index contributed by atoms with van der Waals surface area (Å²) in [6.07, 6.45) is -8.56. The Morgan fingerprint density at radius 1 is 1.32 bits per heavy atom. The number of rotatable bonds is 8. The average molecular weight is 465 g/mol. The monoisotopic (exact) mass is 465 g/mol. The molecule has 6 N–H and O–H groups in total. The van der Waals surface area contributed by atoms with E-state index in [9.17, 15) is 30.6 Å². The fourth-order valence-corrected chi connectivity index (χ4v) is 4.80. The lowest BCUT2D eigenvalue weighted by Gasteiger charge is -2.50. The molecule has 31 heavy (non-hydrogen) atoms. The van der Waals surface area contributed by atoms with Gasteiger partial charge in [0.2, 0.25) is 5.79 Å². The maximum atomic E-state index is 10.6. The van der Waals surface area contributed by atoms with Crippen molar-refractivity contribution in [2.45, 2.75) is 61.5 Å². The van der Waals surface area contributed by atoms with Crippen molar-refractivity contribution in [1.82, 2.24) is 0 Å². The third-order valence-electron chi connectivity index (χ3n) is 5.20. The van der Waals surface area contributed by atoms with Crippen LogP contribution in [0.2, 0.25) is 0 Å². The molecule has 3 aliphatic rings. The summed E-state index contributed by atoms with van der Waals surface area (Å²) < 4.78 is 23.1. The van der Waals surface area contributed by atoms with Crippen molar-refractivity contribution in [3.8, 4) is 0 Å². The van der Waals surface area contributed by atoms with Gasteiger partial charge in [0.1, 0.15) is 36.3 Å². The maximum absolute atomic E-state index is 10.6. The van der Waals surface area contributed by atoms with E-state index in [1.165, 1.54) is 11.8 Å². The Morgan fingerprint density at radius 3 is 2.77 bits per heavy atom. The normalized spacial score (nSPS) is 38.9. The van der Waals surface area contributed by atoms with E-state index in [4.69, 9.17) is 24.5 Å². The van der Waals surface area contributed by atoms with Crippen LogP contribution >= 0.6 is 11.8 Å². The van der Waals surface area contributed by atoms with Crippen LogP contribution in [0.15, 0.2) is 15.8 Å². The molecule has 3 aliphatic heterocycles. The smallest absolute Gasteiger partial charge is 0.222 e. The highest BCUT2D eigenvalue weighted by molar-refractivity contribution is 8.03. The zero-order chi connectivity index (χ0) is 22.6. The first-order valence-electron chi connectivity index (χ1n) is 9.81. The molecule has 5 unspecified atom stereocenters. The zero-order valence-electron chi connectivity index (χ0n) is 16.6. The quantitative estimate of drug-likeness (QED) is 0.103. The van der Waals surface area contributed by atoms with Crippen LogP contribution in [0.1, 0.15) is 12.8 Å². The lowest BCUT2D eigenvalue weighted by Crippen LogP contribution is -2.62. The molecule has 8 atom stereocenters. The minimum absolute atomic E-state index is 0.0439. The van der Waals surface area contributed by atoms with Gasteiger partial charge in [-0.25, -0.2) is 0 Å². The van der Waals surface area contributed by atoms with Crippen LogP contribution in [0.25, 0.3) is 10.4 Å². The lowest BCUT2D eigenvalue weighted by molar-refractivity contribution is -0.320. The number of aliphatic hydroxyl groups excluding tert-OH is 6. The topological polar surface area (TPSA) is 207 Å². The van der Waals surface area contributed by atoms with Crippen molar-refractivity contribution in [3.63, 3.8) is 0 Å². The van der Waals surface area contributed by atoms with Crippen LogP contribution in [-0.4, -0.2) is 111 Å². The van der Waals surface area contributed by atoms with E-state index in [2.05, 4.69) is 10.0 Å². The van der Waals surface area contributed by atoms with Crippen molar-refractivity contribution in [2.24, 2.45) is 5.11 Å². The number of hydrogen-bond acceptors (Lipinski definition) is 12. The molecule has 0 aromatic heterocycles. The number of nitrogens with zero attached hydrogens (tertiary/aromatic N) is 3. The summed E-state index contributed by atoms with van der Waals surface area (Å²) >= 11 is 1.19. The molecule has 0 aromatic rings. The second-order valence-corrected chi connectivity index (χ2v) is 8.45. The van der Waals surface area contributed by atoms with E-state index >= 15 is 0 Å². The summed E-state index contributed by atoms with van der Waals surface area (Å²) in [5, 5.41) is 63.3. The molecule has 0 saturated carbocycles. The largest absolute Gasteiger partial charge is 0.462 e. The van der Waals surface area contributed by atoms with Crippen molar-refractivity contribution < 1.29 is 49.6 Å². The van der Waals surface area contributed by atoms with Gasteiger partial charge in [0, 0.05) is 17.9 Å². The van der Waals surface area contributed by atoms with Crippen LogP contribution in [0, 0.1) is 0 Å². The predicted octanol–water partition coefficient (Wildman–Crippen LogP) is -1.68. The second-order valence-electron chi connectivity index (χ2n) is 7.44. The van der Waals surface area contributed by atoms with Gasteiger partial charge in [0.25, 0.3) is 0 Å². The van der Waals surface area contributed by atoms with Crippen LogP contribution in [-0.2, 0) is 18.9 Å². The summed E-state index contributed by atoms with van der Waals surface area (Å²) in [4.78, 5) is 3.08. The molecule has 1 spiro atoms. The lowest BCUT2D eigenvalue weighted by atomic mass is 9.93. The molecule has 0 aromatic carbocycles.